The van der Waals surface area contributed by atoms with Gasteiger partial charge in [0.1, 0.15) is 0 Å². The summed E-state index contributed by atoms with van der Waals surface area (Å²) in [5.74, 6) is -0.137. The number of amides is 1. The van der Waals surface area contributed by atoms with Crippen LogP contribution in [0.2, 0.25) is 5.02 Å². The molecule has 0 saturated heterocycles. The minimum absolute atomic E-state index is 0.137. The van der Waals surface area contributed by atoms with Crippen LogP contribution >= 0.6 is 23.8 Å². The Bertz CT molecular complexity index is 500. The minimum Gasteiger partial charge on any atom is -0.392 e. The van der Waals surface area contributed by atoms with Crippen molar-refractivity contribution in [2.45, 2.75) is 39.7 Å². The molecule has 110 valence electrons. The zero-order valence-electron chi connectivity index (χ0n) is 12.1. The average Bonchev–Trinajstić information content (AvgIpc) is 2.40. The number of halogens is 1. The first kappa shape index (κ1) is 16.9. The molecule has 3 nitrogen and oxygen atoms in total. The van der Waals surface area contributed by atoms with E-state index in [-0.39, 0.29) is 16.9 Å². The Morgan fingerprint density at radius 2 is 1.95 bits per heavy atom. The van der Waals surface area contributed by atoms with Crippen molar-refractivity contribution in [3.05, 3.63) is 34.9 Å². The van der Waals surface area contributed by atoms with Crippen molar-refractivity contribution in [1.82, 2.24) is 5.32 Å². The number of hydrogen-bond acceptors (Lipinski definition) is 2. The van der Waals surface area contributed by atoms with Gasteiger partial charge >= 0.3 is 0 Å². The van der Waals surface area contributed by atoms with Crippen molar-refractivity contribution in [2.75, 3.05) is 0 Å². The molecule has 0 aliphatic rings. The summed E-state index contributed by atoms with van der Waals surface area (Å²) in [4.78, 5) is 12.8. The molecule has 1 rings (SSSR count). The van der Waals surface area contributed by atoms with Crippen molar-refractivity contribution in [3.8, 4) is 0 Å². The van der Waals surface area contributed by atoms with E-state index >= 15 is 0 Å². The summed E-state index contributed by atoms with van der Waals surface area (Å²) in [6.07, 6.45) is 1.17. The molecule has 1 aromatic carbocycles. The monoisotopic (exact) mass is 312 g/mol. The van der Waals surface area contributed by atoms with Crippen LogP contribution in [-0.4, -0.2) is 10.9 Å². The SMILES string of the molecule is CCC(CC)(C(=O)NC(C)c1ccccc1Cl)C(N)=S. The van der Waals surface area contributed by atoms with Crippen molar-refractivity contribution in [2.24, 2.45) is 11.1 Å². The highest BCUT2D eigenvalue weighted by molar-refractivity contribution is 7.80. The predicted octanol–water partition coefficient (Wildman–Crippen LogP) is 3.61. The standard InChI is InChI=1S/C15H21ClN2OS/c1-4-15(5-2,13(17)20)14(19)18-10(3)11-8-6-7-9-12(11)16/h6-10H,4-5H2,1-3H3,(H2,17,20)(H,18,19). The van der Waals surface area contributed by atoms with Crippen molar-refractivity contribution in [1.29, 1.82) is 0 Å². The van der Waals surface area contributed by atoms with Gasteiger partial charge in [-0.2, -0.15) is 0 Å². The quantitative estimate of drug-likeness (QED) is 0.789. The topological polar surface area (TPSA) is 55.1 Å². The van der Waals surface area contributed by atoms with Gasteiger partial charge in [0, 0.05) is 5.02 Å². The van der Waals surface area contributed by atoms with Crippen LogP contribution in [-0.2, 0) is 4.79 Å². The first-order valence-electron chi connectivity index (χ1n) is 6.74. The van der Waals surface area contributed by atoms with E-state index in [0.29, 0.717) is 17.9 Å². The van der Waals surface area contributed by atoms with Gasteiger partial charge < -0.3 is 11.1 Å². The van der Waals surface area contributed by atoms with Gasteiger partial charge in [0.25, 0.3) is 0 Å². The van der Waals surface area contributed by atoms with Crippen LogP contribution in [0.4, 0.5) is 0 Å². The lowest BCUT2D eigenvalue weighted by atomic mass is 9.81. The fourth-order valence-electron chi connectivity index (χ4n) is 2.27. The Labute approximate surface area is 130 Å². The number of nitrogens with two attached hydrogens (primary N) is 1. The summed E-state index contributed by atoms with van der Waals surface area (Å²) in [5, 5.41) is 3.60. The van der Waals surface area contributed by atoms with E-state index in [1.165, 1.54) is 0 Å². The highest BCUT2D eigenvalue weighted by Gasteiger charge is 2.38. The zero-order chi connectivity index (χ0) is 15.3. The number of hydrogen-bond donors (Lipinski definition) is 2. The fraction of sp³-hybridized carbons (Fsp3) is 0.467. The summed E-state index contributed by atoms with van der Waals surface area (Å²) < 4.78 is 0. The van der Waals surface area contributed by atoms with E-state index in [1.54, 1.807) is 6.07 Å². The highest BCUT2D eigenvalue weighted by atomic mass is 35.5. The second-order valence-electron chi connectivity index (χ2n) is 4.87. The van der Waals surface area contributed by atoms with E-state index in [1.807, 2.05) is 39.0 Å². The molecule has 1 amide bonds. The van der Waals surface area contributed by atoms with Crippen LogP contribution in [0.5, 0.6) is 0 Å². The van der Waals surface area contributed by atoms with Crippen molar-refractivity contribution in [3.63, 3.8) is 0 Å². The highest BCUT2D eigenvalue weighted by Crippen LogP contribution is 2.29. The number of carbonyl (C=O) groups excluding carboxylic acids is 1. The maximum absolute atomic E-state index is 12.5. The van der Waals surface area contributed by atoms with Crippen LogP contribution in [0.1, 0.15) is 45.2 Å². The fourth-order valence-corrected chi connectivity index (χ4v) is 2.95. The van der Waals surface area contributed by atoms with Crippen LogP contribution in [0.25, 0.3) is 0 Å². The molecule has 1 aromatic rings. The number of rotatable bonds is 6. The second-order valence-corrected chi connectivity index (χ2v) is 5.72. The lowest BCUT2D eigenvalue weighted by Crippen LogP contribution is -2.48. The van der Waals surface area contributed by atoms with Gasteiger partial charge in [-0.05, 0) is 31.4 Å². The molecule has 0 bridgehead atoms. The van der Waals surface area contributed by atoms with Crippen LogP contribution in [0.15, 0.2) is 24.3 Å². The van der Waals surface area contributed by atoms with Gasteiger partial charge in [0.2, 0.25) is 5.91 Å². The largest absolute Gasteiger partial charge is 0.392 e. The Hall–Kier alpha value is -1.13. The molecule has 1 atom stereocenters. The van der Waals surface area contributed by atoms with E-state index < -0.39 is 5.41 Å². The molecular weight excluding hydrogens is 292 g/mol. The summed E-state index contributed by atoms with van der Waals surface area (Å²) in [6.45, 7) is 5.74. The molecule has 0 fully saturated rings. The van der Waals surface area contributed by atoms with Gasteiger partial charge in [0.05, 0.1) is 16.4 Å². The number of thiocarbonyl (C=S) groups is 1. The van der Waals surface area contributed by atoms with Crippen molar-refractivity contribution >= 4 is 34.7 Å². The smallest absolute Gasteiger partial charge is 0.233 e. The van der Waals surface area contributed by atoms with Gasteiger partial charge in [-0.15, -0.1) is 0 Å². The van der Waals surface area contributed by atoms with Crippen LogP contribution in [0, 0.1) is 5.41 Å². The Morgan fingerprint density at radius 1 is 1.40 bits per heavy atom. The van der Waals surface area contributed by atoms with Crippen LogP contribution in [0.3, 0.4) is 0 Å². The molecular formula is C15H21ClN2OS. The number of benzene rings is 1. The molecule has 20 heavy (non-hydrogen) atoms. The Morgan fingerprint density at radius 3 is 2.40 bits per heavy atom. The number of nitrogens with one attached hydrogen (secondary N) is 1. The maximum atomic E-state index is 12.5. The van der Waals surface area contributed by atoms with Gasteiger partial charge in [-0.1, -0.05) is 55.9 Å². The zero-order valence-corrected chi connectivity index (χ0v) is 13.6. The predicted molar refractivity (Wildman–Crippen MR) is 87.8 cm³/mol. The Balaban J connectivity index is 2.95. The molecule has 0 aliphatic carbocycles. The van der Waals surface area contributed by atoms with E-state index in [9.17, 15) is 4.79 Å². The average molecular weight is 313 g/mol. The second kappa shape index (κ2) is 7.04. The summed E-state index contributed by atoms with van der Waals surface area (Å²) >= 11 is 11.2. The third kappa shape index (κ3) is 3.30. The summed E-state index contributed by atoms with van der Waals surface area (Å²) in [7, 11) is 0. The third-order valence-corrected chi connectivity index (χ3v) is 4.57. The maximum Gasteiger partial charge on any atom is 0.233 e. The van der Waals surface area contributed by atoms with Crippen LogP contribution < -0.4 is 11.1 Å². The summed E-state index contributed by atoms with van der Waals surface area (Å²) in [5.41, 5.74) is 5.88. The third-order valence-electron chi connectivity index (χ3n) is 3.83. The minimum atomic E-state index is -0.787. The summed E-state index contributed by atoms with van der Waals surface area (Å²) in [6, 6.07) is 7.26. The van der Waals surface area contributed by atoms with Gasteiger partial charge in [-0.25, -0.2) is 0 Å². The van der Waals surface area contributed by atoms with E-state index in [2.05, 4.69) is 5.32 Å². The molecule has 0 aromatic heterocycles. The molecule has 0 heterocycles. The van der Waals surface area contributed by atoms with E-state index in [0.717, 1.165) is 5.56 Å². The van der Waals surface area contributed by atoms with Gasteiger partial charge in [-0.3, -0.25) is 4.79 Å². The first-order valence-corrected chi connectivity index (χ1v) is 7.53. The normalized spacial score (nSPS) is 12.8. The lowest BCUT2D eigenvalue weighted by Gasteiger charge is -2.30. The van der Waals surface area contributed by atoms with E-state index in [4.69, 9.17) is 29.6 Å². The molecule has 0 saturated carbocycles. The molecule has 5 heteroatoms. The number of carbonyl (C=O) groups is 1. The molecule has 0 spiro atoms. The molecule has 3 N–H and O–H groups in total. The molecule has 0 aliphatic heterocycles. The molecule has 0 radical (unpaired) electrons. The van der Waals surface area contributed by atoms with Crippen molar-refractivity contribution < 1.29 is 4.79 Å². The first-order chi connectivity index (χ1) is 9.39. The van der Waals surface area contributed by atoms with Gasteiger partial charge in [0.15, 0.2) is 0 Å². The Kier molecular flexibility index (Phi) is 5.96. The lowest BCUT2D eigenvalue weighted by molar-refractivity contribution is -0.128. The molecule has 1 unspecified atom stereocenters.